The van der Waals surface area contributed by atoms with Crippen LogP contribution in [0, 0.1) is 0 Å². The van der Waals surface area contributed by atoms with Crippen LogP contribution in [0.4, 0.5) is 19.0 Å². The van der Waals surface area contributed by atoms with Gasteiger partial charge in [0.25, 0.3) is 0 Å². The van der Waals surface area contributed by atoms with E-state index in [4.69, 9.17) is 11.6 Å². The van der Waals surface area contributed by atoms with Crippen molar-refractivity contribution in [1.82, 2.24) is 14.9 Å². The molecule has 0 aromatic carbocycles. The maximum absolute atomic E-state index is 12.5. The van der Waals surface area contributed by atoms with E-state index in [9.17, 15) is 13.2 Å². The largest absolute Gasteiger partial charge is 0.433 e. The highest BCUT2D eigenvalue weighted by atomic mass is 35.5. The van der Waals surface area contributed by atoms with Gasteiger partial charge in [-0.1, -0.05) is 0 Å². The standard InChI is InChI=1S/C11H14ClF3N4/c1-19(7-2-3-7)5-4-16-9-6-8(11(13,14)15)17-10(12)18-9/h6-7H,2-5H2,1H3,(H,16,17,18). The fourth-order valence-corrected chi connectivity index (χ4v) is 1.89. The third-order valence-corrected chi connectivity index (χ3v) is 3.10. The first-order chi connectivity index (χ1) is 8.86. The van der Waals surface area contributed by atoms with E-state index in [0.717, 1.165) is 12.6 Å². The van der Waals surface area contributed by atoms with Crippen molar-refractivity contribution in [1.29, 1.82) is 0 Å². The molecule has 106 valence electrons. The van der Waals surface area contributed by atoms with Gasteiger partial charge in [-0.05, 0) is 31.5 Å². The Hall–Kier alpha value is -1.08. The van der Waals surface area contributed by atoms with E-state index in [2.05, 4.69) is 20.2 Å². The van der Waals surface area contributed by atoms with E-state index in [1.54, 1.807) is 0 Å². The summed E-state index contributed by atoms with van der Waals surface area (Å²) >= 11 is 5.49. The number of halogens is 4. The van der Waals surface area contributed by atoms with Crippen LogP contribution in [0.15, 0.2) is 6.07 Å². The van der Waals surface area contributed by atoms with Crippen LogP contribution in [-0.2, 0) is 6.18 Å². The van der Waals surface area contributed by atoms with Gasteiger partial charge in [-0.2, -0.15) is 13.2 Å². The molecule has 1 saturated carbocycles. The zero-order valence-corrected chi connectivity index (χ0v) is 11.1. The highest BCUT2D eigenvalue weighted by Gasteiger charge is 2.33. The average Bonchev–Trinajstić information content (AvgIpc) is 3.10. The predicted octanol–water partition coefficient (Wildman–Crippen LogP) is 2.65. The second-order valence-electron chi connectivity index (χ2n) is 4.54. The van der Waals surface area contributed by atoms with Gasteiger partial charge in [-0.25, -0.2) is 9.97 Å². The Morgan fingerprint density at radius 2 is 2.11 bits per heavy atom. The van der Waals surface area contributed by atoms with Gasteiger partial charge in [-0.3, -0.25) is 0 Å². The molecule has 1 aliphatic rings. The van der Waals surface area contributed by atoms with Gasteiger partial charge in [0.2, 0.25) is 5.28 Å². The zero-order chi connectivity index (χ0) is 14.0. The van der Waals surface area contributed by atoms with Crippen LogP contribution >= 0.6 is 11.6 Å². The van der Waals surface area contributed by atoms with Crippen molar-refractivity contribution >= 4 is 17.4 Å². The molecule has 2 rings (SSSR count). The van der Waals surface area contributed by atoms with Gasteiger partial charge in [0.1, 0.15) is 5.82 Å². The highest BCUT2D eigenvalue weighted by molar-refractivity contribution is 6.28. The molecule has 1 N–H and O–H groups in total. The smallest absolute Gasteiger partial charge is 0.369 e. The summed E-state index contributed by atoms with van der Waals surface area (Å²) in [4.78, 5) is 9.06. The van der Waals surface area contributed by atoms with Crippen molar-refractivity contribution < 1.29 is 13.2 Å². The fraction of sp³-hybridized carbons (Fsp3) is 0.636. The Labute approximate surface area is 114 Å². The lowest BCUT2D eigenvalue weighted by molar-refractivity contribution is -0.141. The topological polar surface area (TPSA) is 41.0 Å². The quantitative estimate of drug-likeness (QED) is 0.848. The van der Waals surface area contributed by atoms with Gasteiger partial charge in [-0.15, -0.1) is 0 Å². The van der Waals surface area contributed by atoms with Crippen LogP contribution in [-0.4, -0.2) is 41.0 Å². The number of hydrogen-bond donors (Lipinski definition) is 1. The van der Waals surface area contributed by atoms with Crippen LogP contribution < -0.4 is 5.32 Å². The second-order valence-corrected chi connectivity index (χ2v) is 4.88. The van der Waals surface area contributed by atoms with Crippen LogP contribution in [0.5, 0.6) is 0 Å². The highest BCUT2D eigenvalue weighted by Crippen LogP contribution is 2.29. The molecule has 0 saturated heterocycles. The Morgan fingerprint density at radius 3 is 2.68 bits per heavy atom. The lowest BCUT2D eigenvalue weighted by atomic mass is 10.4. The molecular formula is C11H14ClF3N4. The van der Waals surface area contributed by atoms with E-state index in [-0.39, 0.29) is 5.82 Å². The van der Waals surface area contributed by atoms with Gasteiger partial charge in [0.05, 0.1) is 0 Å². The third-order valence-electron chi connectivity index (χ3n) is 2.93. The van der Waals surface area contributed by atoms with Gasteiger partial charge >= 0.3 is 6.18 Å². The van der Waals surface area contributed by atoms with E-state index >= 15 is 0 Å². The van der Waals surface area contributed by atoms with Crippen LogP contribution in [0.25, 0.3) is 0 Å². The summed E-state index contributed by atoms with van der Waals surface area (Å²) in [5.74, 6) is 0.0940. The molecule has 1 aromatic rings. The number of hydrogen-bond acceptors (Lipinski definition) is 4. The summed E-state index contributed by atoms with van der Waals surface area (Å²) in [5.41, 5.74) is -1.04. The summed E-state index contributed by atoms with van der Waals surface area (Å²) in [6, 6.07) is 1.48. The monoisotopic (exact) mass is 294 g/mol. The molecule has 1 aliphatic carbocycles. The second kappa shape index (κ2) is 5.50. The lowest BCUT2D eigenvalue weighted by Crippen LogP contribution is -2.27. The molecule has 0 bridgehead atoms. The van der Waals surface area contributed by atoms with Gasteiger partial charge in [0.15, 0.2) is 5.69 Å². The van der Waals surface area contributed by atoms with Crippen LogP contribution in [0.1, 0.15) is 18.5 Å². The molecule has 0 aliphatic heterocycles. The van der Waals surface area contributed by atoms with E-state index < -0.39 is 17.2 Å². The predicted molar refractivity (Wildman–Crippen MR) is 66.2 cm³/mol. The molecule has 0 atom stereocenters. The van der Waals surface area contributed by atoms with Crippen LogP contribution in [0.2, 0.25) is 5.28 Å². The van der Waals surface area contributed by atoms with Gasteiger partial charge < -0.3 is 10.2 Å². The molecule has 19 heavy (non-hydrogen) atoms. The van der Waals surface area contributed by atoms with Crippen molar-refractivity contribution in [2.45, 2.75) is 25.1 Å². The summed E-state index contributed by atoms with van der Waals surface area (Å²) in [5, 5.41) is 2.42. The van der Waals surface area contributed by atoms with Crippen molar-refractivity contribution in [3.63, 3.8) is 0 Å². The first-order valence-corrected chi connectivity index (χ1v) is 6.30. The lowest BCUT2D eigenvalue weighted by Gasteiger charge is -2.16. The molecule has 0 radical (unpaired) electrons. The Balaban J connectivity index is 1.93. The molecule has 1 heterocycles. The average molecular weight is 295 g/mol. The molecule has 0 unspecified atom stereocenters. The SMILES string of the molecule is CN(CCNc1cc(C(F)(F)F)nc(Cl)n1)C1CC1. The Morgan fingerprint density at radius 1 is 1.42 bits per heavy atom. The Kier molecular flexibility index (Phi) is 4.15. The number of rotatable bonds is 5. The minimum atomic E-state index is -4.52. The van der Waals surface area contributed by atoms with Crippen LogP contribution in [0.3, 0.4) is 0 Å². The molecule has 1 fully saturated rings. The minimum absolute atomic E-state index is 0.0940. The third kappa shape index (κ3) is 4.21. The summed E-state index contributed by atoms with van der Waals surface area (Å²) < 4.78 is 37.6. The van der Waals surface area contributed by atoms with E-state index in [1.165, 1.54) is 12.8 Å². The fourth-order valence-electron chi connectivity index (χ4n) is 1.71. The normalized spacial score (nSPS) is 15.9. The maximum Gasteiger partial charge on any atom is 0.433 e. The van der Waals surface area contributed by atoms with Crippen molar-refractivity contribution in [3.8, 4) is 0 Å². The zero-order valence-electron chi connectivity index (χ0n) is 10.3. The summed E-state index contributed by atoms with van der Waals surface area (Å²) in [7, 11) is 1.99. The van der Waals surface area contributed by atoms with E-state index in [1.807, 2.05) is 7.05 Å². The first-order valence-electron chi connectivity index (χ1n) is 5.92. The number of anilines is 1. The molecule has 0 spiro atoms. The molecule has 4 nitrogen and oxygen atoms in total. The summed E-state index contributed by atoms with van der Waals surface area (Å²) in [6.07, 6.45) is -2.14. The molecule has 1 aromatic heterocycles. The maximum atomic E-state index is 12.5. The number of nitrogens with zero attached hydrogens (tertiary/aromatic N) is 3. The molecule has 0 amide bonds. The molecular weight excluding hydrogens is 281 g/mol. The number of alkyl halides is 3. The Bertz CT molecular complexity index is 448. The number of nitrogens with one attached hydrogen (secondary N) is 1. The minimum Gasteiger partial charge on any atom is -0.369 e. The van der Waals surface area contributed by atoms with Crippen molar-refractivity contribution in [2.75, 3.05) is 25.5 Å². The van der Waals surface area contributed by atoms with Crippen molar-refractivity contribution in [3.05, 3.63) is 17.0 Å². The summed E-state index contributed by atoms with van der Waals surface area (Å²) in [6.45, 7) is 1.26. The van der Waals surface area contributed by atoms with Crippen molar-refractivity contribution in [2.24, 2.45) is 0 Å². The van der Waals surface area contributed by atoms with E-state index in [0.29, 0.717) is 12.6 Å². The number of likely N-dealkylation sites (N-methyl/N-ethyl adjacent to an activating group) is 1. The first kappa shape index (κ1) is 14.3. The number of aromatic nitrogens is 2. The van der Waals surface area contributed by atoms with Gasteiger partial charge in [0, 0.05) is 25.2 Å². The molecule has 8 heteroatoms.